The Kier molecular flexibility index (Phi) is 6.26. The minimum Gasteiger partial charge on any atom is -1.00 e. The third kappa shape index (κ3) is 3.94. The number of para-hydroxylation sites is 1. The van der Waals surface area contributed by atoms with Gasteiger partial charge in [0.2, 0.25) is 0 Å². The third-order valence-electron chi connectivity index (χ3n) is 6.32. The number of benzene rings is 3. The smallest absolute Gasteiger partial charge is 0.254 e. The molecule has 0 spiro atoms. The van der Waals surface area contributed by atoms with Crippen molar-refractivity contribution >= 4 is 50.5 Å². The molecule has 6 aromatic rings. The highest BCUT2D eigenvalue weighted by Gasteiger charge is 2.20. The number of aryl methyl sites for hydroxylation is 2. The molecular weight excluding hydrogens is 485 g/mol. The molecule has 0 atom stereocenters. The zero-order valence-electron chi connectivity index (χ0n) is 18.3. The van der Waals surface area contributed by atoms with Crippen molar-refractivity contribution in [2.45, 2.75) is 19.4 Å². The highest BCUT2D eigenvalue weighted by molar-refractivity contribution is 6.35. The summed E-state index contributed by atoms with van der Waals surface area (Å²) in [6, 6.07) is 27.2. The number of nitrogens with zero attached hydrogens (tertiary/aromatic N) is 3. The van der Waals surface area contributed by atoms with Gasteiger partial charge >= 0.3 is 0 Å². The fraction of sp³-hybridized carbons (Fsp3) is 0.107. The van der Waals surface area contributed by atoms with Crippen molar-refractivity contribution in [1.29, 1.82) is 0 Å². The second kappa shape index (κ2) is 9.34. The largest absolute Gasteiger partial charge is 1.00 e. The molecule has 34 heavy (non-hydrogen) atoms. The topological polar surface area (TPSA) is 13.2 Å². The van der Waals surface area contributed by atoms with Gasteiger partial charge in [0.1, 0.15) is 11.7 Å². The average molecular weight is 507 g/mol. The molecule has 3 aromatic heterocycles. The lowest BCUT2D eigenvalue weighted by Crippen LogP contribution is -3.00. The van der Waals surface area contributed by atoms with Gasteiger partial charge < -0.3 is 17.0 Å². The van der Waals surface area contributed by atoms with Crippen LogP contribution in [0.2, 0.25) is 10.0 Å². The van der Waals surface area contributed by atoms with Crippen LogP contribution in [-0.4, -0.2) is 8.97 Å². The molecule has 3 heterocycles. The van der Waals surface area contributed by atoms with Gasteiger partial charge in [-0.05, 0) is 48.7 Å². The van der Waals surface area contributed by atoms with E-state index in [0.717, 1.165) is 30.6 Å². The fourth-order valence-electron chi connectivity index (χ4n) is 4.80. The molecule has 0 fully saturated rings. The van der Waals surface area contributed by atoms with E-state index in [2.05, 4.69) is 92.9 Å². The molecule has 170 valence electrons. The standard InChI is InChI=1S/C28H22Cl2N3.ClH/c29-21-12-13-26(24(30)17-21)32-18-27-28-23(14-16-31(27)19-32)22-10-4-5-11-25(22)33(28)15-6-9-20-7-2-1-3-8-20;/h1-5,7-8,10-14,16-19H,6,9,15H2;1H/q+1;/p-1. The minimum atomic E-state index is 0. The normalized spacial score (nSPS) is 11.4. The third-order valence-corrected chi connectivity index (χ3v) is 6.86. The van der Waals surface area contributed by atoms with Crippen molar-refractivity contribution in [3.05, 3.63) is 113 Å². The van der Waals surface area contributed by atoms with Crippen LogP contribution in [0, 0.1) is 0 Å². The zero-order chi connectivity index (χ0) is 22.4. The van der Waals surface area contributed by atoms with E-state index < -0.39 is 0 Å². The predicted molar refractivity (Wildman–Crippen MR) is 137 cm³/mol. The molecule has 0 saturated heterocycles. The molecule has 6 rings (SSSR count). The summed E-state index contributed by atoms with van der Waals surface area (Å²) < 4.78 is 6.70. The minimum absolute atomic E-state index is 0. The number of fused-ring (bicyclic) bond motifs is 5. The monoisotopic (exact) mass is 505 g/mol. The van der Waals surface area contributed by atoms with E-state index in [9.17, 15) is 0 Å². The summed E-state index contributed by atoms with van der Waals surface area (Å²) >= 11 is 12.6. The van der Waals surface area contributed by atoms with Crippen molar-refractivity contribution in [3.8, 4) is 5.69 Å². The van der Waals surface area contributed by atoms with Gasteiger partial charge in [-0.1, -0.05) is 71.7 Å². The van der Waals surface area contributed by atoms with Gasteiger partial charge in [-0.15, -0.1) is 0 Å². The Bertz CT molecular complexity index is 1620. The van der Waals surface area contributed by atoms with E-state index in [-0.39, 0.29) is 12.4 Å². The number of rotatable bonds is 5. The van der Waals surface area contributed by atoms with Crippen LogP contribution in [0.15, 0.2) is 97.6 Å². The molecular formula is C28H22Cl3N3. The molecule has 3 aromatic carbocycles. The Morgan fingerprint density at radius 1 is 0.794 bits per heavy atom. The fourth-order valence-corrected chi connectivity index (χ4v) is 5.31. The molecule has 0 aliphatic heterocycles. The van der Waals surface area contributed by atoms with Crippen molar-refractivity contribution in [3.63, 3.8) is 0 Å². The lowest BCUT2D eigenvalue weighted by molar-refractivity contribution is -0.593. The molecule has 6 heteroatoms. The Morgan fingerprint density at radius 3 is 2.41 bits per heavy atom. The maximum atomic E-state index is 6.51. The molecule has 3 nitrogen and oxygen atoms in total. The van der Waals surface area contributed by atoms with Crippen LogP contribution < -0.4 is 17.0 Å². The molecule has 0 unspecified atom stereocenters. The Hall–Kier alpha value is -2.98. The van der Waals surface area contributed by atoms with E-state index in [1.807, 2.05) is 12.1 Å². The van der Waals surface area contributed by atoms with E-state index in [4.69, 9.17) is 23.2 Å². The lowest BCUT2D eigenvalue weighted by Gasteiger charge is -2.07. The molecule has 0 amide bonds. The van der Waals surface area contributed by atoms with Crippen LogP contribution in [0.4, 0.5) is 0 Å². The summed E-state index contributed by atoms with van der Waals surface area (Å²) in [4.78, 5) is 0. The molecule has 0 radical (unpaired) electrons. The van der Waals surface area contributed by atoms with Crippen molar-refractivity contribution in [2.75, 3.05) is 0 Å². The van der Waals surface area contributed by atoms with E-state index in [1.54, 1.807) is 6.07 Å². The van der Waals surface area contributed by atoms with E-state index in [0.29, 0.717) is 10.0 Å². The van der Waals surface area contributed by atoms with Gasteiger partial charge in [0, 0.05) is 27.9 Å². The summed E-state index contributed by atoms with van der Waals surface area (Å²) in [5, 5.41) is 3.81. The summed E-state index contributed by atoms with van der Waals surface area (Å²) in [6.07, 6.45) is 8.47. The summed E-state index contributed by atoms with van der Waals surface area (Å²) in [5.41, 5.74) is 5.95. The second-order valence-corrected chi connectivity index (χ2v) is 9.22. The maximum Gasteiger partial charge on any atom is 0.254 e. The number of aromatic nitrogens is 3. The van der Waals surface area contributed by atoms with Crippen LogP contribution in [0.5, 0.6) is 0 Å². The van der Waals surface area contributed by atoms with Gasteiger partial charge in [0.05, 0.1) is 11.2 Å². The van der Waals surface area contributed by atoms with Crippen molar-refractivity contribution < 1.29 is 17.0 Å². The zero-order valence-corrected chi connectivity index (χ0v) is 20.6. The molecule has 0 bridgehead atoms. The number of hydrogen-bond donors (Lipinski definition) is 0. The molecule has 0 N–H and O–H groups in total. The van der Waals surface area contributed by atoms with Gasteiger partial charge in [0.15, 0.2) is 11.2 Å². The Labute approximate surface area is 214 Å². The summed E-state index contributed by atoms with van der Waals surface area (Å²) in [7, 11) is 0. The van der Waals surface area contributed by atoms with Crippen molar-refractivity contribution in [2.24, 2.45) is 0 Å². The van der Waals surface area contributed by atoms with Crippen LogP contribution >= 0.6 is 23.2 Å². The maximum absolute atomic E-state index is 6.51. The van der Waals surface area contributed by atoms with E-state index in [1.165, 1.54) is 27.4 Å². The van der Waals surface area contributed by atoms with Crippen LogP contribution in [0.3, 0.4) is 0 Å². The second-order valence-electron chi connectivity index (χ2n) is 8.38. The lowest BCUT2D eigenvalue weighted by atomic mass is 10.1. The number of pyridine rings is 1. The Morgan fingerprint density at radius 2 is 1.59 bits per heavy atom. The highest BCUT2D eigenvalue weighted by atomic mass is 35.5. The first-order chi connectivity index (χ1) is 16.2. The van der Waals surface area contributed by atoms with Gasteiger partial charge in [-0.3, -0.25) is 0 Å². The van der Waals surface area contributed by atoms with Gasteiger partial charge in [-0.2, -0.15) is 4.57 Å². The SMILES string of the molecule is Clc1ccc(-[n+]2cc3c4c(ccn3c2)c2ccccc2n4CCCc2ccccc2)c(Cl)c1.[Cl-]. The number of hydrogen-bond acceptors (Lipinski definition) is 0. The van der Waals surface area contributed by atoms with Crippen molar-refractivity contribution in [1.82, 2.24) is 8.97 Å². The van der Waals surface area contributed by atoms with E-state index >= 15 is 0 Å². The first-order valence-electron chi connectivity index (χ1n) is 11.1. The van der Waals surface area contributed by atoms with Crippen LogP contribution in [0.25, 0.3) is 33.0 Å². The first-order valence-corrected chi connectivity index (χ1v) is 11.9. The Balaban J connectivity index is 0.00000241. The highest BCUT2D eigenvalue weighted by Crippen LogP contribution is 2.32. The number of imidazole rings is 1. The predicted octanol–water partition coefficient (Wildman–Crippen LogP) is 4.27. The van der Waals surface area contributed by atoms with Crippen LogP contribution in [-0.2, 0) is 13.0 Å². The molecule has 0 saturated carbocycles. The van der Waals surface area contributed by atoms with Gasteiger partial charge in [-0.25, -0.2) is 4.40 Å². The summed E-state index contributed by atoms with van der Waals surface area (Å²) in [5.74, 6) is 0. The quantitative estimate of drug-likeness (QED) is 0.310. The average Bonchev–Trinajstić information content (AvgIpc) is 3.39. The van der Waals surface area contributed by atoms with Crippen LogP contribution in [0.1, 0.15) is 12.0 Å². The summed E-state index contributed by atoms with van der Waals surface area (Å²) in [6.45, 7) is 0.950. The first kappa shape index (κ1) is 22.8. The molecule has 0 aliphatic rings. The van der Waals surface area contributed by atoms with Gasteiger partial charge in [0.25, 0.3) is 6.33 Å². The molecule has 0 aliphatic carbocycles. The number of halogens is 3.